The Morgan fingerprint density at radius 2 is 1.95 bits per heavy atom. The SMILES string of the molecule is COc1cccc(Nc2ccc(OCCN)cc2)n1. The second-order valence-corrected chi connectivity index (χ2v) is 3.85. The van der Waals surface area contributed by atoms with Gasteiger partial charge in [-0.3, -0.25) is 0 Å². The zero-order valence-electron chi connectivity index (χ0n) is 10.8. The van der Waals surface area contributed by atoms with Gasteiger partial charge < -0.3 is 20.5 Å². The molecule has 0 bridgehead atoms. The highest BCUT2D eigenvalue weighted by molar-refractivity contribution is 5.57. The molecule has 19 heavy (non-hydrogen) atoms. The number of anilines is 2. The number of rotatable bonds is 6. The number of benzene rings is 1. The van der Waals surface area contributed by atoms with Gasteiger partial charge in [-0.25, -0.2) is 0 Å². The molecule has 0 amide bonds. The fraction of sp³-hybridized carbons (Fsp3) is 0.214. The molecule has 0 aliphatic carbocycles. The predicted octanol–water partition coefficient (Wildman–Crippen LogP) is 2.17. The lowest BCUT2D eigenvalue weighted by atomic mass is 10.3. The summed E-state index contributed by atoms with van der Waals surface area (Å²) in [5.41, 5.74) is 6.31. The topological polar surface area (TPSA) is 69.4 Å². The maximum Gasteiger partial charge on any atom is 0.214 e. The number of hydrogen-bond donors (Lipinski definition) is 2. The van der Waals surface area contributed by atoms with Crippen molar-refractivity contribution in [1.82, 2.24) is 4.98 Å². The third-order valence-electron chi connectivity index (χ3n) is 2.45. The molecule has 5 nitrogen and oxygen atoms in total. The number of methoxy groups -OCH3 is 1. The Balaban J connectivity index is 2.02. The number of nitrogens with zero attached hydrogens (tertiary/aromatic N) is 1. The molecule has 1 aromatic heterocycles. The summed E-state index contributed by atoms with van der Waals surface area (Å²) < 4.78 is 10.5. The molecule has 0 saturated heterocycles. The van der Waals surface area contributed by atoms with Gasteiger partial charge >= 0.3 is 0 Å². The summed E-state index contributed by atoms with van der Waals surface area (Å²) in [5, 5.41) is 3.19. The van der Waals surface area contributed by atoms with Crippen molar-refractivity contribution in [2.75, 3.05) is 25.6 Å². The largest absolute Gasteiger partial charge is 0.492 e. The van der Waals surface area contributed by atoms with Gasteiger partial charge in [0.1, 0.15) is 18.2 Å². The van der Waals surface area contributed by atoms with E-state index in [-0.39, 0.29) is 0 Å². The monoisotopic (exact) mass is 259 g/mol. The van der Waals surface area contributed by atoms with Crippen molar-refractivity contribution >= 4 is 11.5 Å². The van der Waals surface area contributed by atoms with Crippen LogP contribution in [0.3, 0.4) is 0 Å². The van der Waals surface area contributed by atoms with E-state index < -0.39 is 0 Å². The Labute approximate surface area is 112 Å². The molecule has 2 aromatic rings. The van der Waals surface area contributed by atoms with Gasteiger partial charge in [0.2, 0.25) is 5.88 Å². The lowest BCUT2D eigenvalue weighted by molar-refractivity contribution is 0.328. The van der Waals surface area contributed by atoms with E-state index in [1.165, 1.54) is 0 Å². The van der Waals surface area contributed by atoms with Crippen LogP contribution in [-0.4, -0.2) is 25.2 Å². The number of ether oxygens (including phenoxy) is 2. The first kappa shape index (κ1) is 13.2. The molecule has 0 saturated carbocycles. The third kappa shape index (κ3) is 3.86. The van der Waals surface area contributed by atoms with Crippen molar-refractivity contribution in [3.05, 3.63) is 42.5 Å². The molecule has 0 unspecified atom stereocenters. The molecule has 0 spiro atoms. The van der Waals surface area contributed by atoms with Gasteiger partial charge in [-0.1, -0.05) is 6.07 Å². The summed E-state index contributed by atoms with van der Waals surface area (Å²) >= 11 is 0. The molecule has 2 rings (SSSR count). The lowest BCUT2D eigenvalue weighted by Gasteiger charge is -2.08. The first-order chi connectivity index (χ1) is 9.31. The molecule has 1 heterocycles. The van der Waals surface area contributed by atoms with Gasteiger partial charge in [-0.15, -0.1) is 0 Å². The summed E-state index contributed by atoms with van der Waals surface area (Å²) in [6.45, 7) is 1.03. The predicted molar refractivity (Wildman–Crippen MR) is 75.1 cm³/mol. The van der Waals surface area contributed by atoms with Crippen LogP contribution in [-0.2, 0) is 0 Å². The Kier molecular flexibility index (Phi) is 4.58. The molecule has 0 aliphatic rings. The van der Waals surface area contributed by atoms with Crippen LogP contribution >= 0.6 is 0 Å². The highest BCUT2D eigenvalue weighted by atomic mass is 16.5. The van der Waals surface area contributed by atoms with Crippen molar-refractivity contribution < 1.29 is 9.47 Å². The number of hydrogen-bond acceptors (Lipinski definition) is 5. The first-order valence-corrected chi connectivity index (χ1v) is 6.03. The second-order valence-electron chi connectivity index (χ2n) is 3.85. The minimum absolute atomic E-state index is 0.508. The average Bonchev–Trinajstić information content (AvgIpc) is 2.47. The fourth-order valence-corrected chi connectivity index (χ4v) is 1.56. The van der Waals surface area contributed by atoms with Crippen LogP contribution in [0.4, 0.5) is 11.5 Å². The molecule has 1 aromatic carbocycles. The molecule has 0 fully saturated rings. The fourth-order valence-electron chi connectivity index (χ4n) is 1.56. The van der Waals surface area contributed by atoms with Gasteiger partial charge in [0.15, 0.2) is 0 Å². The van der Waals surface area contributed by atoms with Crippen LogP contribution in [0.5, 0.6) is 11.6 Å². The average molecular weight is 259 g/mol. The number of nitrogens with one attached hydrogen (secondary N) is 1. The minimum Gasteiger partial charge on any atom is -0.492 e. The number of nitrogens with two attached hydrogens (primary N) is 1. The molecule has 0 radical (unpaired) electrons. The van der Waals surface area contributed by atoms with Crippen LogP contribution in [0.2, 0.25) is 0 Å². The maximum absolute atomic E-state index is 5.41. The Bertz CT molecular complexity index is 514. The van der Waals surface area contributed by atoms with Crippen molar-refractivity contribution in [3.8, 4) is 11.6 Å². The van der Waals surface area contributed by atoms with Gasteiger partial charge in [-0.2, -0.15) is 4.98 Å². The zero-order valence-corrected chi connectivity index (χ0v) is 10.8. The van der Waals surface area contributed by atoms with E-state index in [2.05, 4.69) is 10.3 Å². The Hall–Kier alpha value is -2.27. The maximum atomic E-state index is 5.41. The number of aromatic nitrogens is 1. The minimum atomic E-state index is 0.508. The number of pyridine rings is 1. The molecule has 0 aliphatic heterocycles. The van der Waals surface area contributed by atoms with Crippen molar-refractivity contribution in [2.45, 2.75) is 0 Å². The quantitative estimate of drug-likeness (QED) is 0.832. The Morgan fingerprint density at radius 3 is 2.63 bits per heavy atom. The Morgan fingerprint density at radius 1 is 1.16 bits per heavy atom. The van der Waals surface area contributed by atoms with E-state index >= 15 is 0 Å². The second kappa shape index (κ2) is 6.61. The zero-order chi connectivity index (χ0) is 13.5. The molecular weight excluding hydrogens is 242 g/mol. The third-order valence-corrected chi connectivity index (χ3v) is 2.45. The van der Waals surface area contributed by atoms with Gasteiger partial charge in [0, 0.05) is 18.3 Å². The summed E-state index contributed by atoms with van der Waals surface area (Å²) in [4.78, 5) is 4.28. The van der Waals surface area contributed by atoms with Crippen LogP contribution in [0.1, 0.15) is 0 Å². The van der Waals surface area contributed by atoms with Crippen molar-refractivity contribution in [3.63, 3.8) is 0 Å². The van der Waals surface area contributed by atoms with Crippen molar-refractivity contribution in [2.24, 2.45) is 5.73 Å². The van der Waals surface area contributed by atoms with Crippen LogP contribution < -0.4 is 20.5 Å². The van der Waals surface area contributed by atoms with Gasteiger partial charge in [0.05, 0.1) is 7.11 Å². The van der Waals surface area contributed by atoms with Gasteiger partial charge in [-0.05, 0) is 30.3 Å². The molecular formula is C14H17N3O2. The van der Waals surface area contributed by atoms with Crippen LogP contribution in [0.25, 0.3) is 0 Å². The van der Waals surface area contributed by atoms with E-state index in [1.807, 2.05) is 36.4 Å². The van der Waals surface area contributed by atoms with E-state index in [9.17, 15) is 0 Å². The van der Waals surface area contributed by atoms with Crippen molar-refractivity contribution in [1.29, 1.82) is 0 Å². The normalized spacial score (nSPS) is 10.0. The van der Waals surface area contributed by atoms with Crippen LogP contribution in [0, 0.1) is 0 Å². The molecule has 5 heteroatoms. The summed E-state index contributed by atoms with van der Waals surface area (Å²) in [6.07, 6.45) is 0. The van der Waals surface area contributed by atoms with Crippen LogP contribution in [0.15, 0.2) is 42.5 Å². The van der Waals surface area contributed by atoms with E-state index in [0.29, 0.717) is 19.0 Å². The van der Waals surface area contributed by atoms with Gasteiger partial charge in [0.25, 0.3) is 0 Å². The lowest BCUT2D eigenvalue weighted by Crippen LogP contribution is -2.10. The van der Waals surface area contributed by atoms with E-state index in [1.54, 1.807) is 13.2 Å². The van der Waals surface area contributed by atoms with E-state index in [0.717, 1.165) is 17.3 Å². The highest BCUT2D eigenvalue weighted by Crippen LogP contribution is 2.20. The summed E-state index contributed by atoms with van der Waals surface area (Å²) in [7, 11) is 1.59. The van der Waals surface area contributed by atoms with E-state index in [4.69, 9.17) is 15.2 Å². The molecule has 100 valence electrons. The first-order valence-electron chi connectivity index (χ1n) is 6.03. The molecule has 0 atom stereocenters. The summed E-state index contributed by atoms with van der Waals surface area (Å²) in [5.74, 6) is 2.11. The molecule has 3 N–H and O–H groups in total. The summed E-state index contributed by atoms with van der Waals surface area (Å²) in [6, 6.07) is 13.2. The smallest absolute Gasteiger partial charge is 0.214 e. The highest BCUT2D eigenvalue weighted by Gasteiger charge is 1.99. The standard InChI is InChI=1S/C14H17N3O2/c1-18-14-4-2-3-13(17-14)16-11-5-7-12(8-6-11)19-10-9-15/h2-8H,9-10,15H2,1H3,(H,16,17).